The highest BCUT2D eigenvalue weighted by atomic mass is 15.1. The van der Waals surface area contributed by atoms with Crippen LogP contribution in [0, 0.1) is 0 Å². The van der Waals surface area contributed by atoms with Gasteiger partial charge in [-0.1, -0.05) is 24.3 Å². The molecule has 4 rings (SSSR count). The Bertz CT molecular complexity index is 751. The highest BCUT2D eigenvalue weighted by Gasteiger charge is 2.19. The van der Waals surface area contributed by atoms with Gasteiger partial charge in [0, 0.05) is 23.8 Å². The number of pyridine rings is 1. The van der Waals surface area contributed by atoms with Crippen molar-refractivity contribution in [2.75, 3.05) is 6.54 Å². The lowest BCUT2D eigenvalue weighted by Crippen LogP contribution is -2.17. The molecule has 1 saturated heterocycles. The summed E-state index contributed by atoms with van der Waals surface area (Å²) >= 11 is 0. The van der Waals surface area contributed by atoms with E-state index in [1.165, 1.54) is 29.5 Å². The molecule has 0 saturated carbocycles. The molecule has 1 atom stereocenters. The van der Waals surface area contributed by atoms with Crippen LogP contribution in [-0.4, -0.2) is 21.1 Å². The average Bonchev–Trinajstić information content (AvgIpc) is 3.18. The summed E-state index contributed by atoms with van der Waals surface area (Å²) in [5.74, 6) is 0. The Hall–Kier alpha value is -2.20. The van der Waals surface area contributed by atoms with Gasteiger partial charge in [0.15, 0.2) is 0 Å². The number of para-hydroxylation sites is 1. The predicted octanol–water partition coefficient (Wildman–Crippen LogP) is 2.90. The Kier molecular flexibility index (Phi) is 3.16. The molecule has 106 valence electrons. The summed E-state index contributed by atoms with van der Waals surface area (Å²) in [6, 6.07) is 10.9. The summed E-state index contributed by atoms with van der Waals surface area (Å²) in [7, 11) is 0. The number of nitrogens with one attached hydrogen (secondary N) is 1. The minimum Gasteiger partial charge on any atom is -0.329 e. The monoisotopic (exact) mass is 278 g/mol. The topological polar surface area (TPSA) is 42.7 Å². The van der Waals surface area contributed by atoms with Gasteiger partial charge in [0.1, 0.15) is 0 Å². The molecular formula is C17H18N4. The number of nitrogens with zero attached hydrogens (tertiary/aromatic N) is 3. The van der Waals surface area contributed by atoms with Crippen molar-refractivity contribution in [2.24, 2.45) is 0 Å². The van der Waals surface area contributed by atoms with Crippen LogP contribution in [0.4, 0.5) is 0 Å². The first-order valence-corrected chi connectivity index (χ1v) is 7.48. The molecule has 0 unspecified atom stereocenters. The number of benzene rings is 1. The van der Waals surface area contributed by atoms with Gasteiger partial charge in [0.05, 0.1) is 24.1 Å². The van der Waals surface area contributed by atoms with Crippen LogP contribution in [0.5, 0.6) is 0 Å². The van der Waals surface area contributed by atoms with Crippen LogP contribution >= 0.6 is 0 Å². The summed E-state index contributed by atoms with van der Waals surface area (Å²) < 4.78 is 2.24. The fourth-order valence-electron chi connectivity index (χ4n) is 3.17. The smallest absolute Gasteiger partial charge is 0.0951 e. The summed E-state index contributed by atoms with van der Waals surface area (Å²) in [4.78, 5) is 8.89. The summed E-state index contributed by atoms with van der Waals surface area (Å²) in [5.41, 5.74) is 3.60. The van der Waals surface area contributed by atoms with Crippen molar-refractivity contribution in [3.05, 3.63) is 60.3 Å². The molecule has 1 N–H and O–H groups in total. The van der Waals surface area contributed by atoms with Gasteiger partial charge in [-0.15, -0.1) is 0 Å². The Labute approximate surface area is 123 Å². The number of hydrogen-bond acceptors (Lipinski definition) is 3. The van der Waals surface area contributed by atoms with E-state index in [0.29, 0.717) is 6.04 Å². The number of aromatic nitrogens is 3. The molecule has 4 heteroatoms. The quantitative estimate of drug-likeness (QED) is 0.801. The average molecular weight is 278 g/mol. The Morgan fingerprint density at radius 3 is 3.10 bits per heavy atom. The minimum atomic E-state index is 0.440. The van der Waals surface area contributed by atoms with Crippen LogP contribution in [0.25, 0.3) is 10.9 Å². The lowest BCUT2D eigenvalue weighted by atomic mass is 10.1. The maximum absolute atomic E-state index is 4.54. The third kappa shape index (κ3) is 2.32. The number of imidazole rings is 1. The van der Waals surface area contributed by atoms with Gasteiger partial charge in [0.25, 0.3) is 0 Å². The zero-order valence-electron chi connectivity index (χ0n) is 11.9. The Morgan fingerprint density at radius 2 is 2.19 bits per heavy atom. The molecule has 2 aromatic heterocycles. The van der Waals surface area contributed by atoms with E-state index in [1.54, 1.807) is 0 Å². The van der Waals surface area contributed by atoms with Gasteiger partial charge in [0.2, 0.25) is 0 Å². The normalized spacial score (nSPS) is 18.4. The second-order valence-electron chi connectivity index (χ2n) is 5.59. The van der Waals surface area contributed by atoms with Crippen LogP contribution in [0.15, 0.2) is 49.1 Å². The second kappa shape index (κ2) is 5.30. The molecular weight excluding hydrogens is 260 g/mol. The van der Waals surface area contributed by atoms with E-state index in [1.807, 2.05) is 24.8 Å². The van der Waals surface area contributed by atoms with Crippen LogP contribution in [0.2, 0.25) is 0 Å². The molecule has 1 fully saturated rings. The molecule has 4 nitrogen and oxygen atoms in total. The van der Waals surface area contributed by atoms with Crippen LogP contribution in [0.1, 0.15) is 30.1 Å². The molecule has 21 heavy (non-hydrogen) atoms. The molecule has 0 bridgehead atoms. The molecule has 0 radical (unpaired) electrons. The number of rotatable bonds is 3. The summed E-state index contributed by atoms with van der Waals surface area (Å²) in [6.07, 6.45) is 8.21. The second-order valence-corrected chi connectivity index (χ2v) is 5.59. The van der Waals surface area contributed by atoms with Crippen LogP contribution in [-0.2, 0) is 6.54 Å². The van der Waals surface area contributed by atoms with E-state index in [9.17, 15) is 0 Å². The van der Waals surface area contributed by atoms with Crippen molar-refractivity contribution in [3.8, 4) is 0 Å². The third-order valence-corrected chi connectivity index (χ3v) is 4.22. The highest BCUT2D eigenvalue weighted by Crippen LogP contribution is 2.24. The summed E-state index contributed by atoms with van der Waals surface area (Å²) in [6.45, 7) is 1.92. The fraction of sp³-hybridized carbons (Fsp3) is 0.294. The highest BCUT2D eigenvalue weighted by molar-refractivity contribution is 5.81. The first-order valence-electron chi connectivity index (χ1n) is 7.48. The molecule has 1 aliphatic heterocycles. The van der Waals surface area contributed by atoms with E-state index >= 15 is 0 Å². The number of hydrogen-bond donors (Lipinski definition) is 1. The molecule has 3 aromatic rings. The first-order chi connectivity index (χ1) is 10.4. The maximum Gasteiger partial charge on any atom is 0.0951 e. The first kappa shape index (κ1) is 12.5. The van der Waals surface area contributed by atoms with Gasteiger partial charge < -0.3 is 9.88 Å². The molecule has 0 aliphatic carbocycles. The van der Waals surface area contributed by atoms with Crippen molar-refractivity contribution in [3.63, 3.8) is 0 Å². The predicted molar refractivity (Wildman–Crippen MR) is 83.0 cm³/mol. The van der Waals surface area contributed by atoms with Crippen molar-refractivity contribution >= 4 is 10.9 Å². The zero-order valence-corrected chi connectivity index (χ0v) is 11.9. The van der Waals surface area contributed by atoms with E-state index < -0.39 is 0 Å². The lowest BCUT2D eigenvalue weighted by molar-refractivity contribution is 0.585. The van der Waals surface area contributed by atoms with E-state index in [-0.39, 0.29) is 0 Å². The fourth-order valence-corrected chi connectivity index (χ4v) is 3.17. The minimum absolute atomic E-state index is 0.440. The standard InChI is InChI=1S/C17H18N4/c1-4-13-6-2-9-20-17(13)14(5-1)11-21-12-18-10-16(21)15-7-3-8-19-15/h1-2,4-6,9-10,12,15,19H,3,7-8,11H2/t15-/m0/s1. The number of fused-ring (bicyclic) bond motifs is 1. The van der Waals surface area contributed by atoms with Crippen molar-refractivity contribution < 1.29 is 0 Å². The molecule has 3 heterocycles. The lowest BCUT2D eigenvalue weighted by Gasteiger charge is -2.14. The van der Waals surface area contributed by atoms with Gasteiger partial charge in [-0.25, -0.2) is 4.98 Å². The van der Waals surface area contributed by atoms with Crippen molar-refractivity contribution in [1.82, 2.24) is 19.9 Å². The van der Waals surface area contributed by atoms with Crippen LogP contribution < -0.4 is 5.32 Å². The van der Waals surface area contributed by atoms with Crippen molar-refractivity contribution in [1.29, 1.82) is 0 Å². The van der Waals surface area contributed by atoms with E-state index in [2.05, 4.69) is 44.1 Å². The summed E-state index contributed by atoms with van der Waals surface area (Å²) in [5, 5.41) is 4.74. The molecule has 0 amide bonds. The van der Waals surface area contributed by atoms with E-state index in [4.69, 9.17) is 0 Å². The van der Waals surface area contributed by atoms with Crippen molar-refractivity contribution in [2.45, 2.75) is 25.4 Å². The molecule has 1 aliphatic rings. The Balaban J connectivity index is 1.71. The largest absolute Gasteiger partial charge is 0.329 e. The van der Waals surface area contributed by atoms with E-state index in [0.717, 1.165) is 18.6 Å². The van der Waals surface area contributed by atoms with Gasteiger partial charge >= 0.3 is 0 Å². The Morgan fingerprint density at radius 1 is 1.24 bits per heavy atom. The third-order valence-electron chi connectivity index (χ3n) is 4.22. The van der Waals surface area contributed by atoms with Crippen LogP contribution in [0.3, 0.4) is 0 Å². The van der Waals surface area contributed by atoms with Gasteiger partial charge in [-0.3, -0.25) is 4.98 Å². The van der Waals surface area contributed by atoms with Gasteiger partial charge in [-0.05, 0) is 31.0 Å². The SMILES string of the molecule is c1cnc2c(Cn3cncc3[C@@H]3CCCN3)cccc2c1. The molecule has 0 spiro atoms. The molecule has 1 aromatic carbocycles. The van der Waals surface area contributed by atoms with Gasteiger partial charge in [-0.2, -0.15) is 0 Å². The maximum atomic E-state index is 4.54. The zero-order chi connectivity index (χ0) is 14.1.